The average molecular weight is 169 g/mol. The second-order valence-corrected chi connectivity index (χ2v) is 2.60. The molecule has 0 spiro atoms. The van der Waals surface area contributed by atoms with Crippen molar-refractivity contribution in [2.24, 2.45) is 0 Å². The van der Waals surface area contributed by atoms with E-state index >= 15 is 0 Å². The number of rotatable bonds is 3. The van der Waals surface area contributed by atoms with E-state index in [1.807, 2.05) is 6.07 Å². The molecule has 1 rings (SSSR count). The van der Waals surface area contributed by atoms with Crippen LogP contribution in [-0.4, -0.2) is 17.8 Å². The van der Waals surface area contributed by atoms with E-state index in [1.165, 1.54) is 4.73 Å². The summed E-state index contributed by atoms with van der Waals surface area (Å²) in [7, 11) is 0. The van der Waals surface area contributed by atoms with Crippen molar-refractivity contribution in [2.45, 2.75) is 13.0 Å². The Balaban J connectivity index is 2.57. The maximum Gasteiger partial charge on any atom is 0.311 e. The van der Waals surface area contributed by atoms with E-state index in [0.717, 1.165) is 0 Å². The summed E-state index contributed by atoms with van der Waals surface area (Å²) in [5.74, 6) is 0.512. The van der Waals surface area contributed by atoms with E-state index < -0.39 is 6.10 Å². The minimum Gasteiger partial charge on any atom is -0.390 e. The third-order valence-corrected chi connectivity index (χ3v) is 1.31. The van der Waals surface area contributed by atoms with Crippen LogP contribution in [0.2, 0.25) is 0 Å². The van der Waals surface area contributed by atoms with Crippen molar-refractivity contribution in [2.75, 3.05) is 12.3 Å². The first-order valence-electron chi connectivity index (χ1n) is 3.77. The van der Waals surface area contributed by atoms with Crippen LogP contribution in [0.15, 0.2) is 24.4 Å². The smallest absolute Gasteiger partial charge is 0.311 e. The third kappa shape index (κ3) is 2.39. The van der Waals surface area contributed by atoms with Gasteiger partial charge in [0.1, 0.15) is 6.20 Å². The van der Waals surface area contributed by atoms with Gasteiger partial charge in [-0.05, 0) is 17.7 Å². The van der Waals surface area contributed by atoms with Crippen LogP contribution in [0.5, 0.6) is 0 Å². The fraction of sp³-hybridized carbons (Fsp3) is 0.375. The molecule has 12 heavy (non-hydrogen) atoms. The molecule has 0 amide bonds. The van der Waals surface area contributed by atoms with Gasteiger partial charge in [0.25, 0.3) is 0 Å². The highest BCUT2D eigenvalue weighted by atomic mass is 16.7. The number of aliphatic hydroxyl groups excluding tert-OH is 1. The highest BCUT2D eigenvalue weighted by Crippen LogP contribution is 1.88. The number of pyridine rings is 1. The van der Waals surface area contributed by atoms with E-state index in [9.17, 15) is 0 Å². The van der Waals surface area contributed by atoms with Crippen molar-refractivity contribution >= 4 is 5.82 Å². The first-order chi connectivity index (χ1) is 5.70. The maximum absolute atomic E-state index is 8.93. The fourth-order valence-electron chi connectivity index (χ4n) is 0.747. The Kier molecular flexibility index (Phi) is 2.88. The molecule has 0 saturated carbocycles. The molecule has 1 aromatic rings. The Morgan fingerprint density at radius 3 is 3.00 bits per heavy atom. The Bertz CT molecular complexity index is 251. The molecule has 0 radical (unpaired) electrons. The SMILES string of the molecule is CC(O)CO[n+]1ccccc1N. The van der Waals surface area contributed by atoms with Crippen LogP contribution < -0.4 is 15.3 Å². The van der Waals surface area contributed by atoms with Crippen molar-refractivity contribution in [3.63, 3.8) is 0 Å². The zero-order valence-electron chi connectivity index (χ0n) is 6.97. The van der Waals surface area contributed by atoms with Gasteiger partial charge in [-0.2, -0.15) is 0 Å². The molecule has 1 heterocycles. The molecule has 4 nitrogen and oxygen atoms in total. The van der Waals surface area contributed by atoms with Crippen LogP contribution in [0.1, 0.15) is 6.92 Å². The van der Waals surface area contributed by atoms with Gasteiger partial charge in [0, 0.05) is 6.07 Å². The second-order valence-electron chi connectivity index (χ2n) is 2.60. The van der Waals surface area contributed by atoms with Gasteiger partial charge in [0.05, 0.1) is 6.10 Å². The van der Waals surface area contributed by atoms with E-state index in [2.05, 4.69) is 0 Å². The number of nitrogens with zero attached hydrogens (tertiary/aromatic N) is 1. The molecule has 66 valence electrons. The normalized spacial score (nSPS) is 12.5. The minimum absolute atomic E-state index is 0.235. The van der Waals surface area contributed by atoms with Crippen LogP contribution in [0.4, 0.5) is 5.82 Å². The summed E-state index contributed by atoms with van der Waals surface area (Å²) >= 11 is 0. The molecular formula is C8H13N2O2+. The van der Waals surface area contributed by atoms with Crippen molar-refractivity contribution in [1.29, 1.82) is 0 Å². The van der Waals surface area contributed by atoms with Gasteiger partial charge < -0.3 is 9.94 Å². The number of nitrogens with two attached hydrogens (primary N) is 1. The van der Waals surface area contributed by atoms with E-state index in [4.69, 9.17) is 15.7 Å². The number of hydrogen-bond donors (Lipinski definition) is 2. The van der Waals surface area contributed by atoms with Crippen molar-refractivity contribution in [1.82, 2.24) is 0 Å². The molecule has 1 aromatic heterocycles. The molecule has 1 unspecified atom stereocenters. The van der Waals surface area contributed by atoms with Gasteiger partial charge >= 0.3 is 5.82 Å². The minimum atomic E-state index is -0.489. The van der Waals surface area contributed by atoms with Gasteiger partial charge in [-0.15, -0.1) is 0 Å². The summed E-state index contributed by atoms with van der Waals surface area (Å²) in [6.07, 6.45) is 1.20. The van der Waals surface area contributed by atoms with Crippen LogP contribution in [0, 0.1) is 0 Å². The van der Waals surface area contributed by atoms with Crippen molar-refractivity contribution in [3.8, 4) is 0 Å². The predicted molar refractivity (Wildman–Crippen MR) is 44.2 cm³/mol. The lowest BCUT2D eigenvalue weighted by Gasteiger charge is -2.05. The van der Waals surface area contributed by atoms with Gasteiger partial charge in [0.15, 0.2) is 6.61 Å². The molecule has 0 aromatic carbocycles. The molecule has 0 bridgehead atoms. The lowest BCUT2D eigenvalue weighted by molar-refractivity contribution is -0.881. The number of anilines is 1. The molecule has 0 fully saturated rings. The summed E-state index contributed by atoms with van der Waals surface area (Å²) in [5.41, 5.74) is 5.56. The molecule has 0 aliphatic carbocycles. The monoisotopic (exact) mass is 169 g/mol. The van der Waals surface area contributed by atoms with Crippen LogP contribution in [0.25, 0.3) is 0 Å². The fourth-order valence-corrected chi connectivity index (χ4v) is 0.747. The number of hydrogen-bond acceptors (Lipinski definition) is 3. The predicted octanol–water partition coefficient (Wildman–Crippen LogP) is -0.634. The number of aliphatic hydroxyl groups is 1. The van der Waals surface area contributed by atoms with Crippen molar-refractivity contribution < 1.29 is 14.7 Å². The molecule has 1 atom stereocenters. The zero-order chi connectivity index (χ0) is 8.97. The summed E-state index contributed by atoms with van der Waals surface area (Å²) < 4.78 is 1.42. The molecule has 0 aliphatic heterocycles. The quantitative estimate of drug-likeness (QED) is 0.592. The molecular weight excluding hydrogens is 156 g/mol. The average Bonchev–Trinajstić information content (AvgIpc) is 2.03. The van der Waals surface area contributed by atoms with Gasteiger partial charge in [-0.1, -0.05) is 6.07 Å². The Morgan fingerprint density at radius 2 is 2.42 bits per heavy atom. The van der Waals surface area contributed by atoms with Gasteiger partial charge in [-0.25, -0.2) is 0 Å². The molecule has 0 aliphatic rings. The Labute approximate surface area is 71.2 Å². The molecule has 0 saturated heterocycles. The molecule has 3 N–H and O–H groups in total. The topological polar surface area (TPSA) is 59.4 Å². The number of nitrogen functional groups attached to an aromatic ring is 1. The number of aromatic nitrogens is 1. The van der Waals surface area contributed by atoms with Crippen LogP contribution >= 0.6 is 0 Å². The van der Waals surface area contributed by atoms with E-state index in [-0.39, 0.29) is 6.61 Å². The lowest BCUT2D eigenvalue weighted by Crippen LogP contribution is -2.47. The summed E-state index contributed by atoms with van der Waals surface area (Å²) in [6.45, 7) is 1.89. The molecule has 4 heteroatoms. The van der Waals surface area contributed by atoms with Crippen molar-refractivity contribution in [3.05, 3.63) is 24.4 Å². The third-order valence-electron chi connectivity index (χ3n) is 1.31. The second kappa shape index (κ2) is 3.92. The highest BCUT2D eigenvalue weighted by Gasteiger charge is 2.04. The maximum atomic E-state index is 8.93. The zero-order valence-corrected chi connectivity index (χ0v) is 6.97. The first kappa shape index (κ1) is 8.80. The largest absolute Gasteiger partial charge is 0.390 e. The highest BCUT2D eigenvalue weighted by molar-refractivity contribution is 5.18. The first-order valence-corrected chi connectivity index (χ1v) is 3.77. The Morgan fingerprint density at radius 1 is 1.67 bits per heavy atom. The van der Waals surface area contributed by atoms with E-state index in [0.29, 0.717) is 5.82 Å². The lowest BCUT2D eigenvalue weighted by atomic mass is 10.4. The summed E-state index contributed by atoms with van der Waals surface area (Å²) in [5, 5.41) is 8.93. The standard InChI is InChI=1S/C8H12N2O2/c1-7(11)6-12-10-5-3-2-4-8(10)9/h2-5,7,9,11H,6H2,1H3/p+1. The van der Waals surface area contributed by atoms with Crippen LogP contribution in [0.3, 0.4) is 0 Å². The van der Waals surface area contributed by atoms with E-state index in [1.54, 1.807) is 25.3 Å². The summed E-state index contributed by atoms with van der Waals surface area (Å²) in [6, 6.07) is 5.35. The van der Waals surface area contributed by atoms with Crippen LogP contribution in [-0.2, 0) is 0 Å². The summed E-state index contributed by atoms with van der Waals surface area (Å²) in [4.78, 5) is 5.14. The van der Waals surface area contributed by atoms with Gasteiger partial charge in [-0.3, -0.25) is 5.73 Å². The Hall–Kier alpha value is -1.29. The van der Waals surface area contributed by atoms with Gasteiger partial charge in [0.2, 0.25) is 0 Å².